The van der Waals surface area contributed by atoms with E-state index in [1.807, 2.05) is 18.9 Å². The van der Waals surface area contributed by atoms with Crippen molar-refractivity contribution in [2.75, 3.05) is 30.4 Å². The van der Waals surface area contributed by atoms with Crippen LogP contribution in [0.1, 0.15) is 26.7 Å². The predicted octanol–water partition coefficient (Wildman–Crippen LogP) is 2.30. The number of rotatable bonds is 7. The summed E-state index contributed by atoms with van der Waals surface area (Å²) in [6.07, 6.45) is 3.45. The van der Waals surface area contributed by atoms with Gasteiger partial charge in [-0.2, -0.15) is 0 Å². The van der Waals surface area contributed by atoms with Crippen molar-refractivity contribution in [2.24, 2.45) is 11.8 Å². The Labute approximate surface area is 118 Å². The zero-order chi connectivity index (χ0) is 14.7. The highest BCUT2D eigenvalue weighted by Crippen LogP contribution is 2.40. The molecule has 0 spiro atoms. The third kappa shape index (κ3) is 3.15. The summed E-state index contributed by atoms with van der Waals surface area (Å²) in [6.45, 7) is 5.65. The zero-order valence-corrected chi connectivity index (χ0v) is 12.2. The van der Waals surface area contributed by atoms with Gasteiger partial charge in [0, 0.05) is 20.1 Å². The van der Waals surface area contributed by atoms with Gasteiger partial charge in [0.25, 0.3) is 0 Å². The highest BCUT2D eigenvalue weighted by molar-refractivity contribution is 5.70. The topological polar surface area (TPSA) is 84.2 Å². The largest absolute Gasteiger partial charge is 0.364 e. The van der Waals surface area contributed by atoms with Crippen molar-refractivity contribution in [3.8, 4) is 0 Å². The summed E-state index contributed by atoms with van der Waals surface area (Å²) in [5.41, 5.74) is -0.0308. The third-order valence-corrected chi connectivity index (χ3v) is 3.67. The van der Waals surface area contributed by atoms with Crippen molar-refractivity contribution in [1.82, 2.24) is 9.97 Å². The van der Waals surface area contributed by atoms with E-state index in [2.05, 4.69) is 22.2 Å². The summed E-state index contributed by atoms with van der Waals surface area (Å²) in [7, 11) is 1.85. The number of nitro groups is 1. The molecule has 2 rings (SSSR count). The number of nitrogens with zero attached hydrogens (tertiary/aromatic N) is 4. The Morgan fingerprint density at radius 1 is 1.55 bits per heavy atom. The van der Waals surface area contributed by atoms with Crippen molar-refractivity contribution < 1.29 is 4.92 Å². The molecule has 0 bridgehead atoms. The lowest BCUT2D eigenvalue weighted by molar-refractivity contribution is -0.383. The Bertz CT molecular complexity index is 494. The molecule has 7 heteroatoms. The molecule has 1 aromatic heterocycles. The van der Waals surface area contributed by atoms with E-state index in [0.717, 1.165) is 13.0 Å². The Hall–Kier alpha value is -1.92. The summed E-state index contributed by atoms with van der Waals surface area (Å²) >= 11 is 0. The average Bonchev–Trinajstić information content (AvgIpc) is 3.10. The van der Waals surface area contributed by atoms with Gasteiger partial charge in [-0.3, -0.25) is 10.1 Å². The van der Waals surface area contributed by atoms with Crippen LogP contribution in [0.25, 0.3) is 0 Å². The van der Waals surface area contributed by atoms with Gasteiger partial charge in [0.15, 0.2) is 0 Å². The molecule has 1 saturated carbocycles. The highest BCUT2D eigenvalue weighted by atomic mass is 16.6. The summed E-state index contributed by atoms with van der Waals surface area (Å²) in [4.78, 5) is 20.9. The summed E-state index contributed by atoms with van der Waals surface area (Å²) < 4.78 is 0. The molecule has 0 amide bonds. The van der Waals surface area contributed by atoms with Crippen LogP contribution < -0.4 is 10.2 Å². The SMILES string of the molecule is CCCNc1ncnc(N(C)CC2CC2C)c1[N+](=O)[O-]. The van der Waals surface area contributed by atoms with Gasteiger partial charge in [0.2, 0.25) is 11.6 Å². The fourth-order valence-corrected chi connectivity index (χ4v) is 2.28. The minimum atomic E-state index is -0.403. The van der Waals surface area contributed by atoms with Crippen LogP contribution in [0.3, 0.4) is 0 Å². The van der Waals surface area contributed by atoms with E-state index in [0.29, 0.717) is 30.0 Å². The first-order chi connectivity index (χ1) is 9.54. The molecule has 0 aliphatic heterocycles. The van der Waals surface area contributed by atoms with E-state index in [1.54, 1.807) is 0 Å². The van der Waals surface area contributed by atoms with Crippen LogP contribution in [-0.2, 0) is 0 Å². The summed E-state index contributed by atoms with van der Waals surface area (Å²) in [6, 6.07) is 0. The van der Waals surface area contributed by atoms with Crippen LogP contribution in [-0.4, -0.2) is 35.0 Å². The maximum absolute atomic E-state index is 11.3. The van der Waals surface area contributed by atoms with Gasteiger partial charge >= 0.3 is 5.69 Å². The molecule has 110 valence electrons. The van der Waals surface area contributed by atoms with Crippen LogP contribution >= 0.6 is 0 Å². The van der Waals surface area contributed by atoms with Crippen molar-refractivity contribution in [2.45, 2.75) is 26.7 Å². The van der Waals surface area contributed by atoms with Gasteiger partial charge in [0.1, 0.15) is 6.33 Å². The number of anilines is 2. The van der Waals surface area contributed by atoms with Crippen LogP contribution in [0.5, 0.6) is 0 Å². The lowest BCUT2D eigenvalue weighted by Gasteiger charge is -2.18. The Balaban J connectivity index is 2.23. The van der Waals surface area contributed by atoms with Gasteiger partial charge < -0.3 is 10.2 Å². The van der Waals surface area contributed by atoms with Crippen molar-refractivity contribution in [3.63, 3.8) is 0 Å². The average molecular weight is 279 g/mol. The van der Waals surface area contributed by atoms with Gasteiger partial charge in [-0.05, 0) is 24.7 Å². The lowest BCUT2D eigenvalue weighted by atomic mass is 10.3. The Kier molecular flexibility index (Phi) is 4.36. The second kappa shape index (κ2) is 6.02. The molecule has 2 atom stereocenters. The van der Waals surface area contributed by atoms with Crippen molar-refractivity contribution in [3.05, 3.63) is 16.4 Å². The first-order valence-electron chi connectivity index (χ1n) is 6.99. The number of hydrogen-bond acceptors (Lipinski definition) is 6. The molecular formula is C13H21N5O2. The minimum Gasteiger partial charge on any atom is -0.364 e. The van der Waals surface area contributed by atoms with Crippen LogP contribution in [0.4, 0.5) is 17.3 Å². The second-order valence-electron chi connectivity index (χ2n) is 5.43. The van der Waals surface area contributed by atoms with E-state index < -0.39 is 4.92 Å². The summed E-state index contributed by atoms with van der Waals surface area (Å²) in [5, 5.41) is 14.3. The quantitative estimate of drug-likeness (QED) is 0.609. The fourth-order valence-electron chi connectivity index (χ4n) is 2.28. The van der Waals surface area contributed by atoms with E-state index in [9.17, 15) is 10.1 Å². The third-order valence-electron chi connectivity index (χ3n) is 3.67. The van der Waals surface area contributed by atoms with Crippen LogP contribution in [0.2, 0.25) is 0 Å². The minimum absolute atomic E-state index is 0.0308. The van der Waals surface area contributed by atoms with Gasteiger partial charge in [-0.15, -0.1) is 0 Å². The molecule has 1 N–H and O–H groups in total. The molecular weight excluding hydrogens is 258 g/mol. The second-order valence-corrected chi connectivity index (χ2v) is 5.43. The molecule has 0 aromatic carbocycles. The first-order valence-corrected chi connectivity index (χ1v) is 6.99. The zero-order valence-electron chi connectivity index (χ0n) is 12.2. The molecule has 1 aliphatic rings. The Morgan fingerprint density at radius 3 is 2.80 bits per heavy atom. The lowest BCUT2D eigenvalue weighted by Crippen LogP contribution is -2.23. The fraction of sp³-hybridized carbons (Fsp3) is 0.692. The highest BCUT2D eigenvalue weighted by Gasteiger charge is 2.35. The maximum Gasteiger partial charge on any atom is 0.353 e. The molecule has 1 heterocycles. The van der Waals surface area contributed by atoms with Crippen LogP contribution in [0, 0.1) is 22.0 Å². The normalized spacial score (nSPS) is 20.6. The van der Waals surface area contributed by atoms with Crippen LogP contribution in [0.15, 0.2) is 6.33 Å². The number of hydrogen-bond donors (Lipinski definition) is 1. The van der Waals surface area contributed by atoms with E-state index in [4.69, 9.17) is 0 Å². The molecule has 1 fully saturated rings. The van der Waals surface area contributed by atoms with E-state index in [-0.39, 0.29) is 5.69 Å². The maximum atomic E-state index is 11.3. The van der Waals surface area contributed by atoms with Crippen molar-refractivity contribution in [1.29, 1.82) is 0 Å². The predicted molar refractivity (Wildman–Crippen MR) is 78.0 cm³/mol. The molecule has 1 aromatic rings. The van der Waals surface area contributed by atoms with E-state index >= 15 is 0 Å². The van der Waals surface area contributed by atoms with Gasteiger partial charge in [-0.25, -0.2) is 9.97 Å². The molecule has 7 nitrogen and oxygen atoms in total. The van der Waals surface area contributed by atoms with Gasteiger partial charge in [0.05, 0.1) is 4.92 Å². The van der Waals surface area contributed by atoms with Crippen molar-refractivity contribution >= 4 is 17.3 Å². The molecule has 2 unspecified atom stereocenters. The Morgan fingerprint density at radius 2 is 2.25 bits per heavy atom. The molecule has 0 radical (unpaired) electrons. The molecule has 20 heavy (non-hydrogen) atoms. The number of aromatic nitrogens is 2. The number of nitrogens with one attached hydrogen (secondary N) is 1. The monoisotopic (exact) mass is 279 g/mol. The molecule has 1 aliphatic carbocycles. The van der Waals surface area contributed by atoms with Gasteiger partial charge in [-0.1, -0.05) is 13.8 Å². The molecule has 0 saturated heterocycles. The first kappa shape index (κ1) is 14.5. The summed E-state index contributed by atoms with van der Waals surface area (Å²) in [5.74, 6) is 2.01. The standard InChI is InChI=1S/C13H21N5O2/c1-4-5-14-12-11(18(19)20)13(16-8-15-12)17(3)7-10-6-9(10)2/h8-10H,4-7H2,1-3H3,(H,14,15,16). The smallest absolute Gasteiger partial charge is 0.353 e. The van der Waals surface area contributed by atoms with E-state index in [1.165, 1.54) is 12.7 Å².